The normalized spacial score (nSPS) is 16.7. The molecule has 2 aromatic carbocycles. The summed E-state index contributed by atoms with van der Waals surface area (Å²) in [5.41, 5.74) is 4.24. The van der Waals surface area contributed by atoms with E-state index < -0.39 is 5.25 Å². The molecule has 7 nitrogen and oxygen atoms in total. The first-order valence-corrected chi connectivity index (χ1v) is 11.8. The Bertz CT molecular complexity index is 1210. The van der Waals surface area contributed by atoms with Gasteiger partial charge in [-0.3, -0.25) is 19.5 Å². The molecule has 0 spiro atoms. The number of methoxy groups -OCH3 is 1. The van der Waals surface area contributed by atoms with Gasteiger partial charge in [0, 0.05) is 18.3 Å². The molecule has 0 bridgehead atoms. The molecule has 1 fully saturated rings. The molecule has 1 unspecified atom stereocenters. The van der Waals surface area contributed by atoms with Crippen LogP contribution in [0, 0.1) is 13.8 Å². The number of hydrogen-bond donors (Lipinski definition) is 1. The van der Waals surface area contributed by atoms with Crippen molar-refractivity contribution < 1.29 is 14.3 Å². The first kappa shape index (κ1) is 23.5. The average molecular weight is 475 g/mol. The number of aryl methyl sites for hydroxylation is 2. The molecule has 0 radical (unpaired) electrons. The second-order valence-corrected chi connectivity index (χ2v) is 9.18. The fourth-order valence-corrected chi connectivity index (χ4v) is 4.69. The number of thioether (sulfide) groups is 1. The van der Waals surface area contributed by atoms with Crippen LogP contribution in [0.25, 0.3) is 0 Å². The lowest BCUT2D eigenvalue weighted by Crippen LogP contribution is -2.33. The number of rotatable bonds is 7. The number of pyridine rings is 1. The monoisotopic (exact) mass is 474 g/mol. The Hall–Kier alpha value is -3.65. The molecule has 1 aromatic heterocycles. The summed E-state index contributed by atoms with van der Waals surface area (Å²) >= 11 is 1.30. The van der Waals surface area contributed by atoms with Crippen molar-refractivity contribution in [3.05, 3.63) is 83.7 Å². The SMILES string of the molecule is COc1ccc(N=C2SC(CC(=O)Nc3cc(C)ccc3C)C(=O)N2Cc2ccccn2)cc1. The molecule has 1 atom stereocenters. The molecule has 2 heterocycles. The number of hydrogen-bond acceptors (Lipinski definition) is 6. The lowest BCUT2D eigenvalue weighted by molar-refractivity contribution is -0.128. The predicted octanol–water partition coefficient (Wildman–Crippen LogP) is 4.87. The van der Waals surface area contributed by atoms with Gasteiger partial charge in [0.15, 0.2) is 5.17 Å². The topological polar surface area (TPSA) is 83.9 Å². The summed E-state index contributed by atoms with van der Waals surface area (Å²) in [6, 6.07) is 18.8. The number of carbonyl (C=O) groups excluding carboxylic acids is 2. The first-order chi connectivity index (χ1) is 16.4. The van der Waals surface area contributed by atoms with Crippen LogP contribution in [0.5, 0.6) is 5.75 Å². The maximum atomic E-state index is 13.3. The van der Waals surface area contributed by atoms with Crippen molar-refractivity contribution in [3.8, 4) is 5.75 Å². The van der Waals surface area contributed by atoms with Gasteiger partial charge < -0.3 is 10.1 Å². The number of benzene rings is 2. The van der Waals surface area contributed by atoms with Gasteiger partial charge in [-0.05, 0) is 67.4 Å². The minimum atomic E-state index is -0.564. The fraction of sp³-hybridized carbons (Fsp3) is 0.231. The Morgan fingerprint density at radius 1 is 1.15 bits per heavy atom. The van der Waals surface area contributed by atoms with Gasteiger partial charge in [0.25, 0.3) is 0 Å². The first-order valence-electron chi connectivity index (χ1n) is 10.9. The molecule has 174 valence electrons. The van der Waals surface area contributed by atoms with E-state index >= 15 is 0 Å². The molecule has 4 rings (SSSR count). The molecule has 0 saturated carbocycles. The molecule has 8 heteroatoms. The zero-order valence-corrected chi connectivity index (χ0v) is 20.1. The van der Waals surface area contributed by atoms with E-state index in [0.29, 0.717) is 10.9 Å². The van der Waals surface area contributed by atoms with Crippen molar-refractivity contribution in [3.63, 3.8) is 0 Å². The Kier molecular flexibility index (Phi) is 7.27. The summed E-state index contributed by atoms with van der Waals surface area (Å²) in [7, 11) is 1.61. The van der Waals surface area contributed by atoms with Crippen LogP contribution in [0.3, 0.4) is 0 Å². The van der Waals surface area contributed by atoms with Gasteiger partial charge in [-0.15, -0.1) is 0 Å². The lowest BCUT2D eigenvalue weighted by atomic mass is 10.1. The van der Waals surface area contributed by atoms with E-state index in [1.54, 1.807) is 18.2 Å². The number of carbonyl (C=O) groups is 2. The van der Waals surface area contributed by atoms with Crippen molar-refractivity contribution in [2.24, 2.45) is 4.99 Å². The van der Waals surface area contributed by atoms with Crippen molar-refractivity contribution >= 4 is 40.1 Å². The number of anilines is 1. The maximum absolute atomic E-state index is 13.3. The van der Waals surface area contributed by atoms with E-state index in [1.165, 1.54) is 11.8 Å². The zero-order valence-electron chi connectivity index (χ0n) is 19.3. The smallest absolute Gasteiger partial charge is 0.243 e. The number of nitrogens with zero attached hydrogens (tertiary/aromatic N) is 3. The molecule has 1 aliphatic rings. The van der Waals surface area contributed by atoms with E-state index in [2.05, 4.69) is 10.3 Å². The standard InChI is InChI=1S/C26H26N4O3S/c1-17-7-8-18(2)22(14-17)29-24(31)15-23-25(32)30(16-20-6-4-5-13-27-20)26(34-23)28-19-9-11-21(33-3)12-10-19/h4-14,23H,15-16H2,1-3H3,(H,29,31). The zero-order chi connectivity index (χ0) is 24.1. The van der Waals surface area contributed by atoms with E-state index in [4.69, 9.17) is 9.73 Å². The number of aromatic nitrogens is 1. The summed E-state index contributed by atoms with van der Waals surface area (Å²) < 4.78 is 5.21. The number of amides is 2. The van der Waals surface area contributed by atoms with Crippen LogP contribution in [0.2, 0.25) is 0 Å². The number of ether oxygens (including phenoxy) is 1. The van der Waals surface area contributed by atoms with E-state index in [0.717, 1.165) is 28.3 Å². The number of amidine groups is 1. The van der Waals surface area contributed by atoms with Crippen LogP contribution in [0.1, 0.15) is 23.2 Å². The second kappa shape index (κ2) is 10.5. The highest BCUT2D eigenvalue weighted by molar-refractivity contribution is 8.15. The average Bonchev–Trinajstić information content (AvgIpc) is 3.11. The van der Waals surface area contributed by atoms with Crippen LogP contribution in [-0.4, -0.2) is 39.2 Å². The van der Waals surface area contributed by atoms with Gasteiger partial charge in [0.2, 0.25) is 11.8 Å². The minimum Gasteiger partial charge on any atom is -0.497 e. The molecule has 2 amide bonds. The molecule has 3 aromatic rings. The largest absolute Gasteiger partial charge is 0.497 e. The van der Waals surface area contributed by atoms with Crippen LogP contribution >= 0.6 is 11.8 Å². The van der Waals surface area contributed by atoms with Crippen LogP contribution in [-0.2, 0) is 16.1 Å². The molecular weight excluding hydrogens is 448 g/mol. The van der Waals surface area contributed by atoms with Gasteiger partial charge in [0.05, 0.1) is 25.0 Å². The summed E-state index contributed by atoms with van der Waals surface area (Å²) in [4.78, 5) is 36.8. The van der Waals surface area contributed by atoms with Gasteiger partial charge in [-0.2, -0.15) is 0 Å². The minimum absolute atomic E-state index is 0.0528. The van der Waals surface area contributed by atoms with Crippen molar-refractivity contribution in [2.45, 2.75) is 32.1 Å². The quantitative estimate of drug-likeness (QED) is 0.528. The molecule has 1 saturated heterocycles. The maximum Gasteiger partial charge on any atom is 0.243 e. The summed E-state index contributed by atoms with van der Waals surface area (Å²) in [5.74, 6) is 0.368. The van der Waals surface area contributed by atoms with Crippen LogP contribution in [0.4, 0.5) is 11.4 Å². The third-order valence-electron chi connectivity index (χ3n) is 5.40. The summed E-state index contributed by atoms with van der Waals surface area (Å²) in [6.07, 6.45) is 1.75. The van der Waals surface area contributed by atoms with Crippen LogP contribution in [0.15, 0.2) is 71.9 Å². The lowest BCUT2D eigenvalue weighted by Gasteiger charge is -2.16. The van der Waals surface area contributed by atoms with Gasteiger partial charge in [0.1, 0.15) is 11.0 Å². The fourth-order valence-electron chi connectivity index (χ4n) is 3.53. The van der Waals surface area contributed by atoms with E-state index in [9.17, 15) is 9.59 Å². The van der Waals surface area contributed by atoms with Gasteiger partial charge in [-0.1, -0.05) is 30.0 Å². The molecular formula is C26H26N4O3S. The summed E-state index contributed by atoms with van der Waals surface area (Å²) in [6.45, 7) is 4.21. The van der Waals surface area contributed by atoms with E-state index in [1.807, 2.05) is 74.5 Å². The molecule has 34 heavy (non-hydrogen) atoms. The predicted molar refractivity (Wildman–Crippen MR) is 135 cm³/mol. The molecule has 1 aliphatic heterocycles. The number of nitrogens with one attached hydrogen (secondary N) is 1. The second-order valence-electron chi connectivity index (χ2n) is 8.02. The third-order valence-corrected chi connectivity index (χ3v) is 6.58. The molecule has 1 N–H and O–H groups in total. The Labute approximate surface area is 203 Å². The highest BCUT2D eigenvalue weighted by Crippen LogP contribution is 2.33. The highest BCUT2D eigenvalue weighted by atomic mass is 32.2. The van der Waals surface area contributed by atoms with Crippen LogP contribution < -0.4 is 10.1 Å². The van der Waals surface area contributed by atoms with Crippen molar-refractivity contribution in [1.82, 2.24) is 9.88 Å². The molecule has 0 aliphatic carbocycles. The Morgan fingerprint density at radius 2 is 1.94 bits per heavy atom. The third kappa shape index (κ3) is 5.63. The van der Waals surface area contributed by atoms with Gasteiger partial charge >= 0.3 is 0 Å². The van der Waals surface area contributed by atoms with Crippen molar-refractivity contribution in [1.29, 1.82) is 0 Å². The summed E-state index contributed by atoms with van der Waals surface area (Å²) in [5, 5.41) is 2.93. The van der Waals surface area contributed by atoms with E-state index in [-0.39, 0.29) is 24.8 Å². The van der Waals surface area contributed by atoms with Gasteiger partial charge in [-0.25, -0.2) is 4.99 Å². The Morgan fingerprint density at radius 3 is 2.65 bits per heavy atom. The Balaban J connectivity index is 1.55. The highest BCUT2D eigenvalue weighted by Gasteiger charge is 2.39. The van der Waals surface area contributed by atoms with Crippen molar-refractivity contribution in [2.75, 3.05) is 12.4 Å². The number of aliphatic imine (C=N–C) groups is 1.